The summed E-state index contributed by atoms with van der Waals surface area (Å²) in [7, 11) is 1.75. The molecule has 2 rings (SSSR count). The van der Waals surface area contributed by atoms with E-state index in [2.05, 4.69) is 32.8 Å². The second-order valence-electron chi connectivity index (χ2n) is 6.98. The van der Waals surface area contributed by atoms with E-state index >= 15 is 0 Å². The molecule has 1 heterocycles. The molecule has 0 unspecified atom stereocenters. The van der Waals surface area contributed by atoms with Gasteiger partial charge in [-0.15, -0.1) is 0 Å². The minimum Gasteiger partial charge on any atom is -0.355 e. The van der Waals surface area contributed by atoms with Crippen LogP contribution in [0, 0.1) is 12.7 Å². The zero-order chi connectivity index (χ0) is 19.6. The molecule has 0 aromatic heterocycles. The SMILES string of the molecule is CCCN1CCC(NC(=NC)NCCNC(=O)c2ccc(C)c(F)c2)CC1. The quantitative estimate of drug-likeness (QED) is 0.386. The summed E-state index contributed by atoms with van der Waals surface area (Å²) in [5.41, 5.74) is 0.864. The van der Waals surface area contributed by atoms with E-state index in [0.717, 1.165) is 31.9 Å². The van der Waals surface area contributed by atoms with E-state index in [1.807, 2.05) is 0 Å². The normalized spacial score (nSPS) is 16.2. The summed E-state index contributed by atoms with van der Waals surface area (Å²) in [6, 6.07) is 4.94. The highest BCUT2D eigenvalue weighted by atomic mass is 19.1. The summed E-state index contributed by atoms with van der Waals surface area (Å²) >= 11 is 0. The van der Waals surface area contributed by atoms with E-state index in [9.17, 15) is 9.18 Å². The van der Waals surface area contributed by atoms with Gasteiger partial charge in [0, 0.05) is 44.8 Å². The van der Waals surface area contributed by atoms with E-state index in [1.54, 1.807) is 26.1 Å². The highest BCUT2D eigenvalue weighted by Crippen LogP contribution is 2.10. The number of halogens is 1. The van der Waals surface area contributed by atoms with Gasteiger partial charge in [-0.05, 0) is 50.4 Å². The topological polar surface area (TPSA) is 68.8 Å². The summed E-state index contributed by atoms with van der Waals surface area (Å²) < 4.78 is 13.5. The largest absolute Gasteiger partial charge is 0.355 e. The number of piperidine rings is 1. The Kier molecular flexibility index (Phi) is 8.51. The minimum atomic E-state index is -0.365. The molecule has 1 aliphatic heterocycles. The highest BCUT2D eigenvalue weighted by Gasteiger charge is 2.19. The Bertz CT molecular complexity index is 641. The number of likely N-dealkylation sites (tertiary alicyclic amines) is 1. The molecule has 0 radical (unpaired) electrons. The number of hydrogen-bond acceptors (Lipinski definition) is 3. The molecule has 1 aromatic carbocycles. The second kappa shape index (κ2) is 10.9. The summed E-state index contributed by atoms with van der Waals surface area (Å²) in [4.78, 5) is 18.8. The maximum atomic E-state index is 13.5. The van der Waals surface area contributed by atoms with Crippen LogP contribution in [0.4, 0.5) is 4.39 Å². The zero-order valence-electron chi connectivity index (χ0n) is 16.6. The first kappa shape index (κ1) is 21.2. The van der Waals surface area contributed by atoms with Crippen LogP contribution in [0.2, 0.25) is 0 Å². The first-order valence-electron chi connectivity index (χ1n) is 9.77. The lowest BCUT2D eigenvalue weighted by Gasteiger charge is -2.32. The third-order valence-electron chi connectivity index (χ3n) is 4.83. The maximum absolute atomic E-state index is 13.5. The number of carbonyl (C=O) groups excluding carboxylic acids is 1. The Balaban J connectivity index is 1.67. The Labute approximate surface area is 161 Å². The highest BCUT2D eigenvalue weighted by molar-refractivity contribution is 5.94. The molecule has 1 saturated heterocycles. The Morgan fingerprint density at radius 2 is 1.96 bits per heavy atom. The van der Waals surface area contributed by atoms with Crippen LogP contribution < -0.4 is 16.0 Å². The van der Waals surface area contributed by atoms with Gasteiger partial charge in [0.15, 0.2) is 5.96 Å². The van der Waals surface area contributed by atoms with Crippen LogP contribution in [0.1, 0.15) is 42.1 Å². The fourth-order valence-electron chi connectivity index (χ4n) is 3.20. The number of guanidine groups is 1. The van der Waals surface area contributed by atoms with Crippen molar-refractivity contribution in [1.29, 1.82) is 0 Å². The molecule has 27 heavy (non-hydrogen) atoms. The molecular weight excluding hydrogens is 345 g/mol. The molecule has 0 aliphatic carbocycles. The monoisotopic (exact) mass is 377 g/mol. The lowest BCUT2D eigenvalue weighted by atomic mass is 10.1. The first-order chi connectivity index (χ1) is 13.0. The summed E-state index contributed by atoms with van der Waals surface area (Å²) in [5.74, 6) is 0.108. The molecule has 150 valence electrons. The number of nitrogens with zero attached hydrogens (tertiary/aromatic N) is 2. The van der Waals surface area contributed by atoms with Gasteiger partial charge in [0.1, 0.15) is 5.82 Å². The van der Waals surface area contributed by atoms with Crippen molar-refractivity contribution in [3.8, 4) is 0 Å². The molecule has 7 heteroatoms. The minimum absolute atomic E-state index is 0.276. The van der Waals surface area contributed by atoms with Crippen LogP contribution in [0.15, 0.2) is 23.2 Å². The number of nitrogens with one attached hydrogen (secondary N) is 3. The summed E-state index contributed by atoms with van der Waals surface area (Å²) in [6.45, 7) is 8.28. The van der Waals surface area contributed by atoms with E-state index in [0.29, 0.717) is 30.3 Å². The number of hydrogen-bond donors (Lipinski definition) is 3. The Morgan fingerprint density at radius 3 is 2.59 bits per heavy atom. The molecule has 0 atom stereocenters. The van der Waals surface area contributed by atoms with Gasteiger partial charge in [-0.1, -0.05) is 13.0 Å². The van der Waals surface area contributed by atoms with E-state index in [-0.39, 0.29) is 11.7 Å². The first-order valence-corrected chi connectivity index (χ1v) is 9.77. The smallest absolute Gasteiger partial charge is 0.251 e. The number of benzene rings is 1. The predicted octanol–water partition coefficient (Wildman–Crippen LogP) is 1.90. The van der Waals surface area contributed by atoms with Crippen molar-refractivity contribution >= 4 is 11.9 Å². The van der Waals surface area contributed by atoms with Crippen molar-refractivity contribution < 1.29 is 9.18 Å². The average Bonchev–Trinajstić information content (AvgIpc) is 2.67. The van der Waals surface area contributed by atoms with Crippen LogP contribution in [-0.2, 0) is 0 Å². The number of carbonyl (C=O) groups is 1. The summed E-state index contributed by atoms with van der Waals surface area (Å²) in [5, 5.41) is 9.46. The van der Waals surface area contributed by atoms with Gasteiger partial charge in [0.05, 0.1) is 0 Å². The predicted molar refractivity (Wildman–Crippen MR) is 108 cm³/mol. The van der Waals surface area contributed by atoms with Crippen molar-refractivity contribution in [1.82, 2.24) is 20.9 Å². The molecule has 0 bridgehead atoms. The van der Waals surface area contributed by atoms with Crippen LogP contribution in [0.5, 0.6) is 0 Å². The fraction of sp³-hybridized carbons (Fsp3) is 0.600. The molecule has 0 saturated carbocycles. The van der Waals surface area contributed by atoms with Crippen molar-refractivity contribution in [2.75, 3.05) is 39.8 Å². The third-order valence-corrected chi connectivity index (χ3v) is 4.83. The van der Waals surface area contributed by atoms with Gasteiger partial charge < -0.3 is 20.9 Å². The van der Waals surface area contributed by atoms with Gasteiger partial charge in [0.2, 0.25) is 0 Å². The Morgan fingerprint density at radius 1 is 1.26 bits per heavy atom. The number of amides is 1. The molecule has 3 N–H and O–H groups in total. The molecule has 1 aliphatic rings. The van der Waals surface area contributed by atoms with Crippen LogP contribution in [0.3, 0.4) is 0 Å². The maximum Gasteiger partial charge on any atom is 0.251 e. The van der Waals surface area contributed by atoms with E-state index < -0.39 is 0 Å². The summed E-state index contributed by atoms with van der Waals surface area (Å²) in [6.07, 6.45) is 3.41. The third kappa shape index (κ3) is 6.82. The molecule has 1 aromatic rings. The number of aryl methyl sites for hydroxylation is 1. The zero-order valence-corrected chi connectivity index (χ0v) is 16.6. The lowest BCUT2D eigenvalue weighted by molar-refractivity contribution is 0.0954. The number of rotatable bonds is 7. The van der Waals surface area contributed by atoms with E-state index in [1.165, 1.54) is 19.0 Å². The van der Waals surface area contributed by atoms with Gasteiger partial charge in [-0.25, -0.2) is 4.39 Å². The van der Waals surface area contributed by atoms with Crippen LogP contribution in [-0.4, -0.2) is 62.6 Å². The standard InChI is InChI=1S/C20H32FN5O/c1-4-11-26-12-7-17(8-13-26)25-20(22-3)24-10-9-23-19(27)16-6-5-15(2)18(21)14-16/h5-6,14,17H,4,7-13H2,1-3H3,(H,23,27)(H2,22,24,25). The molecular formula is C20H32FN5O. The lowest BCUT2D eigenvalue weighted by Crippen LogP contribution is -2.49. The molecule has 1 fully saturated rings. The van der Waals surface area contributed by atoms with Gasteiger partial charge in [-0.2, -0.15) is 0 Å². The Hall–Kier alpha value is -2.15. The van der Waals surface area contributed by atoms with Crippen molar-refractivity contribution in [2.24, 2.45) is 4.99 Å². The van der Waals surface area contributed by atoms with E-state index in [4.69, 9.17) is 0 Å². The van der Waals surface area contributed by atoms with Crippen LogP contribution >= 0.6 is 0 Å². The average molecular weight is 378 g/mol. The van der Waals surface area contributed by atoms with Crippen molar-refractivity contribution in [3.63, 3.8) is 0 Å². The second-order valence-corrected chi connectivity index (χ2v) is 6.98. The number of aliphatic imine (C=N–C) groups is 1. The van der Waals surface area contributed by atoms with Crippen molar-refractivity contribution in [2.45, 2.75) is 39.2 Å². The van der Waals surface area contributed by atoms with Crippen molar-refractivity contribution in [3.05, 3.63) is 35.1 Å². The molecule has 6 nitrogen and oxygen atoms in total. The fourth-order valence-corrected chi connectivity index (χ4v) is 3.20. The molecule has 1 amide bonds. The molecule has 0 spiro atoms. The van der Waals surface area contributed by atoms with Gasteiger partial charge >= 0.3 is 0 Å². The van der Waals surface area contributed by atoms with Gasteiger partial charge in [0.25, 0.3) is 5.91 Å². The van der Waals surface area contributed by atoms with Gasteiger partial charge in [-0.3, -0.25) is 9.79 Å². The van der Waals surface area contributed by atoms with Crippen LogP contribution in [0.25, 0.3) is 0 Å².